The fourth-order valence-corrected chi connectivity index (χ4v) is 3.81. The second kappa shape index (κ2) is 20.7. The molecular formula is C37H46O9. The van der Waals surface area contributed by atoms with Crippen molar-refractivity contribution in [2.75, 3.05) is 52.9 Å². The molecule has 248 valence electrons. The Kier molecular flexibility index (Phi) is 16.2. The van der Waals surface area contributed by atoms with Gasteiger partial charge in [-0.25, -0.2) is 4.79 Å². The second-order valence-electron chi connectivity index (χ2n) is 10.6. The first-order chi connectivity index (χ1) is 22.3. The Morgan fingerprint density at radius 3 is 1.48 bits per heavy atom. The minimum Gasteiger partial charge on any atom is -0.491 e. The van der Waals surface area contributed by atoms with Crippen LogP contribution in [0.4, 0.5) is 0 Å². The van der Waals surface area contributed by atoms with Crippen LogP contribution in [0.1, 0.15) is 20.8 Å². The normalized spacial score (nSPS) is 12.8. The lowest BCUT2D eigenvalue weighted by molar-refractivity contribution is -0.149. The van der Waals surface area contributed by atoms with E-state index in [0.29, 0.717) is 62.5 Å². The maximum Gasteiger partial charge on any atom is 0.333 e. The smallest absolute Gasteiger partial charge is 0.333 e. The van der Waals surface area contributed by atoms with E-state index in [1.807, 2.05) is 98.8 Å². The van der Waals surface area contributed by atoms with Crippen molar-refractivity contribution in [3.8, 4) is 23.0 Å². The molecular weight excluding hydrogens is 588 g/mol. The number of rotatable bonds is 23. The van der Waals surface area contributed by atoms with E-state index in [1.54, 1.807) is 6.92 Å². The molecule has 0 saturated carbocycles. The first kappa shape index (κ1) is 36.2. The van der Waals surface area contributed by atoms with Crippen LogP contribution in [0.3, 0.4) is 0 Å². The molecule has 9 heteroatoms. The monoisotopic (exact) mass is 634 g/mol. The molecule has 3 aromatic rings. The third-order valence-corrected chi connectivity index (χ3v) is 6.49. The molecule has 0 aromatic heterocycles. The molecule has 0 spiro atoms. The Morgan fingerprint density at radius 1 is 0.587 bits per heavy atom. The number of esters is 1. The number of benzene rings is 3. The van der Waals surface area contributed by atoms with Crippen molar-refractivity contribution in [1.82, 2.24) is 0 Å². The van der Waals surface area contributed by atoms with E-state index in [2.05, 4.69) is 13.2 Å². The Hall–Kier alpha value is -4.31. The molecule has 3 atom stereocenters. The molecule has 0 fully saturated rings. The summed E-state index contributed by atoms with van der Waals surface area (Å²) in [5.74, 6) is 2.34. The van der Waals surface area contributed by atoms with Gasteiger partial charge in [-0.2, -0.15) is 0 Å². The highest BCUT2D eigenvalue weighted by Crippen LogP contribution is 2.18. The van der Waals surface area contributed by atoms with E-state index in [-0.39, 0.29) is 25.4 Å². The molecule has 0 aliphatic heterocycles. The van der Waals surface area contributed by atoms with E-state index >= 15 is 0 Å². The van der Waals surface area contributed by atoms with Gasteiger partial charge in [0.1, 0.15) is 55.5 Å². The summed E-state index contributed by atoms with van der Waals surface area (Å²) < 4.78 is 46.3. The van der Waals surface area contributed by atoms with Gasteiger partial charge in [0.05, 0.1) is 32.5 Å². The summed E-state index contributed by atoms with van der Waals surface area (Å²) >= 11 is 0. The Labute approximate surface area is 272 Å². The Balaban J connectivity index is 1.32. The lowest BCUT2D eigenvalue weighted by Crippen LogP contribution is -2.31. The zero-order valence-corrected chi connectivity index (χ0v) is 27.1. The van der Waals surface area contributed by atoms with E-state index in [4.69, 9.17) is 37.9 Å². The van der Waals surface area contributed by atoms with Crippen molar-refractivity contribution >= 4 is 5.97 Å². The number of hydrogen-bond donors (Lipinski definition) is 0. The molecule has 0 saturated heterocycles. The summed E-state index contributed by atoms with van der Waals surface area (Å²) in [6, 6.07) is 26.2. The third-order valence-electron chi connectivity index (χ3n) is 6.49. The number of para-hydroxylation sites is 2. The maximum absolute atomic E-state index is 12.0. The number of carbonyl (C=O) groups is 1. The van der Waals surface area contributed by atoms with Gasteiger partial charge in [0.15, 0.2) is 6.10 Å². The largest absolute Gasteiger partial charge is 0.491 e. The van der Waals surface area contributed by atoms with E-state index in [0.717, 1.165) is 11.3 Å². The van der Waals surface area contributed by atoms with Gasteiger partial charge in [-0.3, -0.25) is 0 Å². The molecule has 0 N–H and O–H groups in total. The molecule has 9 nitrogen and oxygen atoms in total. The maximum atomic E-state index is 12.0. The predicted molar refractivity (Wildman–Crippen MR) is 177 cm³/mol. The van der Waals surface area contributed by atoms with Crippen LogP contribution >= 0.6 is 0 Å². The van der Waals surface area contributed by atoms with Crippen LogP contribution in [0, 0.1) is 0 Å². The molecule has 3 aromatic carbocycles. The number of carbonyl (C=O) groups excluding carboxylic acids is 1. The zero-order chi connectivity index (χ0) is 33.0. The van der Waals surface area contributed by atoms with E-state index in [9.17, 15) is 4.79 Å². The van der Waals surface area contributed by atoms with Crippen molar-refractivity contribution in [3.63, 3.8) is 0 Å². The molecule has 0 aliphatic rings. The summed E-state index contributed by atoms with van der Waals surface area (Å²) in [6.07, 6.45) is -0.961. The van der Waals surface area contributed by atoms with Crippen molar-refractivity contribution in [3.05, 3.63) is 109 Å². The van der Waals surface area contributed by atoms with Crippen LogP contribution < -0.4 is 18.9 Å². The molecule has 0 bridgehead atoms. The highest BCUT2D eigenvalue weighted by molar-refractivity contribution is 5.87. The number of hydrogen-bond acceptors (Lipinski definition) is 9. The Bertz CT molecular complexity index is 1300. The van der Waals surface area contributed by atoms with Gasteiger partial charge in [-0.05, 0) is 69.3 Å². The average molecular weight is 635 g/mol. The topological polar surface area (TPSA) is 90.9 Å². The highest BCUT2D eigenvalue weighted by Gasteiger charge is 2.17. The summed E-state index contributed by atoms with van der Waals surface area (Å²) in [5.41, 5.74) is 1.25. The fourth-order valence-electron chi connectivity index (χ4n) is 3.81. The van der Waals surface area contributed by atoms with Gasteiger partial charge in [-0.1, -0.05) is 55.1 Å². The van der Waals surface area contributed by atoms with Gasteiger partial charge in [0.2, 0.25) is 0 Å². The van der Waals surface area contributed by atoms with Crippen molar-refractivity contribution in [1.29, 1.82) is 0 Å². The van der Waals surface area contributed by atoms with Gasteiger partial charge >= 0.3 is 5.97 Å². The lowest BCUT2D eigenvalue weighted by Gasteiger charge is -2.23. The molecule has 3 rings (SSSR count). The zero-order valence-electron chi connectivity index (χ0n) is 27.1. The standard InChI is InChI=1S/C37H46O9/c1-28(2)30(5)45-35(26-43-31-12-8-6-9-13-31)24-39-20-22-41-33-16-18-34(19-17-33)42-23-21-40-25-36(46-37(38)29(3)4)27-44-32-14-10-7-11-15-32/h6-19,30,35-36H,1,3,20-27H2,2,4-5H3. The summed E-state index contributed by atoms with van der Waals surface area (Å²) in [5, 5.41) is 0. The molecule has 0 heterocycles. The minimum atomic E-state index is -0.592. The summed E-state index contributed by atoms with van der Waals surface area (Å²) in [7, 11) is 0. The van der Waals surface area contributed by atoms with Crippen molar-refractivity contribution in [2.24, 2.45) is 0 Å². The van der Waals surface area contributed by atoms with Crippen LogP contribution in [0.15, 0.2) is 109 Å². The molecule has 0 radical (unpaired) electrons. The molecule has 3 unspecified atom stereocenters. The van der Waals surface area contributed by atoms with Gasteiger partial charge in [-0.15, -0.1) is 0 Å². The van der Waals surface area contributed by atoms with Gasteiger partial charge < -0.3 is 37.9 Å². The summed E-state index contributed by atoms with van der Waals surface area (Å²) in [4.78, 5) is 12.0. The Morgan fingerprint density at radius 2 is 1.02 bits per heavy atom. The first-order valence-corrected chi connectivity index (χ1v) is 15.3. The predicted octanol–water partition coefficient (Wildman–Crippen LogP) is 6.47. The SMILES string of the molecule is C=C(C)C(=O)OC(COCCOc1ccc(OCCOCC(COc2ccccc2)OC(C)C(=C)C)cc1)COc1ccccc1. The fraction of sp³-hybridized carbons (Fsp3) is 0.378. The first-order valence-electron chi connectivity index (χ1n) is 15.3. The van der Waals surface area contributed by atoms with Crippen LogP contribution in [0.2, 0.25) is 0 Å². The molecule has 0 aliphatic carbocycles. The molecule has 0 amide bonds. The van der Waals surface area contributed by atoms with Crippen molar-refractivity contribution < 1.29 is 42.7 Å². The summed E-state index contributed by atoms with van der Waals surface area (Å²) in [6.45, 7) is 15.5. The van der Waals surface area contributed by atoms with Crippen LogP contribution in [0.25, 0.3) is 0 Å². The quantitative estimate of drug-likeness (QED) is 0.0504. The van der Waals surface area contributed by atoms with Crippen LogP contribution in [-0.2, 0) is 23.7 Å². The molecule has 46 heavy (non-hydrogen) atoms. The number of ether oxygens (including phenoxy) is 8. The van der Waals surface area contributed by atoms with Gasteiger partial charge in [0, 0.05) is 5.57 Å². The average Bonchev–Trinajstić information content (AvgIpc) is 3.06. The van der Waals surface area contributed by atoms with Crippen molar-refractivity contribution in [2.45, 2.75) is 39.1 Å². The third kappa shape index (κ3) is 14.6. The van der Waals surface area contributed by atoms with E-state index in [1.165, 1.54) is 0 Å². The van der Waals surface area contributed by atoms with Gasteiger partial charge in [0.25, 0.3) is 0 Å². The minimum absolute atomic E-state index is 0.112. The van der Waals surface area contributed by atoms with Crippen LogP contribution in [0.5, 0.6) is 23.0 Å². The highest BCUT2D eigenvalue weighted by atomic mass is 16.6. The second-order valence-corrected chi connectivity index (χ2v) is 10.6. The van der Waals surface area contributed by atoms with E-state index < -0.39 is 12.1 Å². The lowest BCUT2D eigenvalue weighted by atomic mass is 10.2. The van der Waals surface area contributed by atoms with Crippen LogP contribution in [-0.4, -0.2) is 77.1 Å².